The molecule has 2 aromatic heterocycles. The first-order valence-corrected chi connectivity index (χ1v) is 10.4. The normalized spacial score (nSPS) is 15.5. The van der Waals surface area contributed by atoms with Crippen LogP contribution in [0.5, 0.6) is 5.75 Å². The summed E-state index contributed by atoms with van der Waals surface area (Å²) in [4.78, 5) is 13.2. The van der Waals surface area contributed by atoms with Crippen molar-refractivity contribution >= 4 is 28.9 Å². The van der Waals surface area contributed by atoms with Crippen LogP contribution in [0.4, 0.5) is 11.5 Å². The molecule has 0 fully saturated rings. The predicted molar refractivity (Wildman–Crippen MR) is 119 cm³/mol. The first kappa shape index (κ1) is 19.5. The number of ketones is 1. The number of fused-ring (bicyclic) bond motifs is 1. The van der Waals surface area contributed by atoms with E-state index in [4.69, 9.17) is 25.9 Å². The Labute approximate surface area is 184 Å². The smallest absolute Gasteiger partial charge is 0.169 e. The fourth-order valence-electron chi connectivity index (χ4n) is 4.01. The van der Waals surface area contributed by atoms with Crippen molar-refractivity contribution in [3.05, 3.63) is 89.0 Å². The van der Waals surface area contributed by atoms with E-state index in [1.807, 2.05) is 65.3 Å². The number of carbonyl (C=O) groups is 1. The number of carbonyl (C=O) groups excluding carboxylic acids is 1. The Kier molecular flexibility index (Phi) is 5.00. The van der Waals surface area contributed by atoms with Gasteiger partial charge < -0.3 is 14.5 Å². The first-order chi connectivity index (χ1) is 15.1. The van der Waals surface area contributed by atoms with Crippen molar-refractivity contribution in [1.82, 2.24) is 9.78 Å². The summed E-state index contributed by atoms with van der Waals surface area (Å²) in [6.45, 7) is 0. The molecule has 0 spiro atoms. The minimum absolute atomic E-state index is 0.0255. The molecule has 156 valence electrons. The van der Waals surface area contributed by atoms with Gasteiger partial charge in [-0.25, -0.2) is 4.68 Å². The molecule has 4 aromatic rings. The minimum atomic E-state index is -0.0255. The van der Waals surface area contributed by atoms with Gasteiger partial charge >= 0.3 is 0 Å². The van der Waals surface area contributed by atoms with Gasteiger partial charge in [-0.3, -0.25) is 4.79 Å². The number of methoxy groups -OCH3 is 1. The Hall–Kier alpha value is -3.51. The van der Waals surface area contributed by atoms with Crippen LogP contribution in [0.2, 0.25) is 5.02 Å². The molecular weight excluding hydrogens is 414 g/mol. The fourth-order valence-corrected chi connectivity index (χ4v) is 4.14. The highest BCUT2D eigenvalue weighted by Gasteiger charge is 2.34. The summed E-state index contributed by atoms with van der Waals surface area (Å²) in [5, 5.41) is 8.73. The number of hydrogen-bond acceptors (Lipinski definition) is 5. The van der Waals surface area contributed by atoms with Crippen LogP contribution in [-0.4, -0.2) is 22.7 Å². The summed E-state index contributed by atoms with van der Waals surface area (Å²) in [6.07, 6.45) is 2.66. The molecule has 1 atom stereocenters. The second-order valence-electron chi connectivity index (χ2n) is 7.46. The Bertz CT molecular complexity index is 1230. The van der Waals surface area contributed by atoms with Crippen LogP contribution in [0.15, 0.2) is 71.3 Å². The SMILES string of the molecule is COc1cccc(Nc2nn(-c3ccc(Cl)cc3)c3c2C(=O)CC(c2ccco2)C3)c1. The maximum atomic E-state index is 13.2. The average molecular weight is 434 g/mol. The van der Waals surface area contributed by atoms with Crippen LogP contribution in [-0.2, 0) is 6.42 Å². The van der Waals surface area contributed by atoms with Crippen LogP contribution >= 0.6 is 11.6 Å². The van der Waals surface area contributed by atoms with Crippen molar-refractivity contribution in [2.45, 2.75) is 18.8 Å². The van der Waals surface area contributed by atoms with Crippen LogP contribution < -0.4 is 10.1 Å². The average Bonchev–Trinajstić information content (AvgIpc) is 3.43. The lowest BCUT2D eigenvalue weighted by molar-refractivity contribution is 0.0960. The van der Waals surface area contributed by atoms with E-state index in [0.29, 0.717) is 29.2 Å². The van der Waals surface area contributed by atoms with Crippen LogP contribution in [0.3, 0.4) is 0 Å². The van der Waals surface area contributed by atoms with Gasteiger partial charge in [0.1, 0.15) is 11.5 Å². The number of aromatic nitrogens is 2. The summed E-state index contributed by atoms with van der Waals surface area (Å²) in [5.74, 6) is 2.07. The monoisotopic (exact) mass is 433 g/mol. The van der Waals surface area contributed by atoms with Crippen molar-refractivity contribution in [3.8, 4) is 11.4 Å². The molecular formula is C24H20ClN3O3. The Morgan fingerprint density at radius 1 is 1.13 bits per heavy atom. The number of Topliss-reactive ketones (excluding diaryl/α,β-unsaturated/α-hetero) is 1. The van der Waals surface area contributed by atoms with Crippen molar-refractivity contribution in [2.75, 3.05) is 12.4 Å². The van der Waals surface area contributed by atoms with E-state index in [9.17, 15) is 4.79 Å². The predicted octanol–water partition coefficient (Wildman–Crippen LogP) is 5.78. The molecule has 2 heterocycles. The van der Waals surface area contributed by atoms with E-state index < -0.39 is 0 Å². The highest BCUT2D eigenvalue weighted by Crippen LogP contribution is 2.38. The third-order valence-corrected chi connectivity index (χ3v) is 5.73. The van der Waals surface area contributed by atoms with E-state index in [1.165, 1.54) is 0 Å². The quantitative estimate of drug-likeness (QED) is 0.431. The third kappa shape index (κ3) is 3.70. The third-order valence-electron chi connectivity index (χ3n) is 5.48. The molecule has 1 unspecified atom stereocenters. The van der Waals surface area contributed by atoms with Gasteiger partial charge in [-0.05, 0) is 48.5 Å². The molecule has 0 saturated carbocycles. The Morgan fingerprint density at radius 3 is 2.71 bits per heavy atom. The molecule has 1 aliphatic carbocycles. The summed E-state index contributed by atoms with van der Waals surface area (Å²) < 4.78 is 12.7. The van der Waals surface area contributed by atoms with Crippen LogP contribution in [0.1, 0.15) is 34.2 Å². The van der Waals surface area contributed by atoms with Gasteiger partial charge in [0, 0.05) is 35.5 Å². The minimum Gasteiger partial charge on any atom is -0.497 e. The Morgan fingerprint density at radius 2 is 1.97 bits per heavy atom. The van der Waals surface area contributed by atoms with E-state index in [0.717, 1.165) is 28.6 Å². The summed E-state index contributed by atoms with van der Waals surface area (Å²) in [7, 11) is 1.62. The zero-order valence-corrected chi connectivity index (χ0v) is 17.6. The van der Waals surface area contributed by atoms with Crippen LogP contribution in [0, 0.1) is 0 Å². The van der Waals surface area contributed by atoms with E-state index in [1.54, 1.807) is 13.4 Å². The van der Waals surface area contributed by atoms with Gasteiger partial charge in [0.15, 0.2) is 11.6 Å². The molecule has 0 saturated heterocycles. The van der Waals surface area contributed by atoms with E-state index >= 15 is 0 Å². The first-order valence-electron chi connectivity index (χ1n) is 9.98. The standard InChI is InChI=1S/C24H20ClN3O3/c1-30-19-5-2-4-17(14-19)26-24-23-20(28(27-24)18-9-7-16(25)8-10-18)12-15(13-21(23)29)22-6-3-11-31-22/h2-11,14-15H,12-13H2,1H3,(H,26,27). The zero-order chi connectivity index (χ0) is 21.4. The number of nitrogens with zero attached hydrogens (tertiary/aromatic N) is 2. The van der Waals surface area contributed by atoms with Gasteiger partial charge in [0.25, 0.3) is 0 Å². The summed E-state index contributed by atoms with van der Waals surface area (Å²) in [6, 6.07) is 18.7. The number of hydrogen-bond donors (Lipinski definition) is 1. The number of anilines is 2. The molecule has 2 aromatic carbocycles. The van der Waals surface area contributed by atoms with Crippen molar-refractivity contribution < 1.29 is 13.9 Å². The van der Waals surface area contributed by atoms with E-state index in [-0.39, 0.29) is 11.7 Å². The highest BCUT2D eigenvalue weighted by molar-refractivity contribution is 6.30. The molecule has 0 radical (unpaired) electrons. The zero-order valence-electron chi connectivity index (χ0n) is 16.8. The van der Waals surface area contributed by atoms with Gasteiger partial charge in [-0.15, -0.1) is 5.10 Å². The van der Waals surface area contributed by atoms with Gasteiger partial charge in [-0.2, -0.15) is 0 Å². The van der Waals surface area contributed by atoms with Crippen molar-refractivity contribution in [1.29, 1.82) is 0 Å². The lowest BCUT2D eigenvalue weighted by Crippen LogP contribution is -2.20. The molecule has 0 bridgehead atoms. The number of furan rings is 1. The summed E-state index contributed by atoms with van der Waals surface area (Å²) in [5.41, 5.74) is 3.10. The topological polar surface area (TPSA) is 69.3 Å². The second kappa shape index (κ2) is 7.96. The molecule has 31 heavy (non-hydrogen) atoms. The number of halogens is 1. The van der Waals surface area contributed by atoms with Gasteiger partial charge in [-0.1, -0.05) is 17.7 Å². The second-order valence-corrected chi connectivity index (χ2v) is 7.90. The molecule has 6 nitrogen and oxygen atoms in total. The molecule has 7 heteroatoms. The highest BCUT2D eigenvalue weighted by atomic mass is 35.5. The molecule has 0 amide bonds. The number of nitrogens with one attached hydrogen (secondary N) is 1. The van der Waals surface area contributed by atoms with Gasteiger partial charge in [0.2, 0.25) is 0 Å². The maximum absolute atomic E-state index is 13.2. The van der Waals surface area contributed by atoms with Gasteiger partial charge in [0.05, 0.1) is 30.3 Å². The molecule has 0 aliphatic heterocycles. The number of ether oxygens (including phenoxy) is 1. The summed E-state index contributed by atoms with van der Waals surface area (Å²) >= 11 is 6.08. The Balaban J connectivity index is 1.60. The van der Waals surface area contributed by atoms with Crippen molar-refractivity contribution in [3.63, 3.8) is 0 Å². The molecule has 1 aliphatic rings. The van der Waals surface area contributed by atoms with Crippen LogP contribution in [0.25, 0.3) is 5.69 Å². The number of benzene rings is 2. The van der Waals surface area contributed by atoms with Crippen molar-refractivity contribution in [2.24, 2.45) is 0 Å². The number of rotatable bonds is 5. The van der Waals surface area contributed by atoms with E-state index in [2.05, 4.69) is 5.32 Å². The maximum Gasteiger partial charge on any atom is 0.169 e. The molecule has 5 rings (SSSR count). The largest absolute Gasteiger partial charge is 0.497 e. The molecule has 1 N–H and O–H groups in total. The lowest BCUT2D eigenvalue weighted by atomic mass is 9.85. The lowest BCUT2D eigenvalue weighted by Gasteiger charge is -2.21. The fraction of sp³-hybridized carbons (Fsp3) is 0.167.